The lowest BCUT2D eigenvalue weighted by molar-refractivity contribution is 1.02. The van der Waals surface area contributed by atoms with Gasteiger partial charge in [0.05, 0.1) is 0 Å². The van der Waals surface area contributed by atoms with Gasteiger partial charge in [-0.25, -0.2) is 0 Å². The lowest BCUT2D eigenvalue weighted by Gasteiger charge is -2.09. The lowest BCUT2D eigenvalue weighted by atomic mass is 10.1. The smallest absolute Gasteiger partial charge is 0.105 e. The van der Waals surface area contributed by atoms with E-state index in [-0.39, 0.29) is 0 Å². The van der Waals surface area contributed by atoms with Crippen LogP contribution in [0.4, 0.5) is 5.69 Å². The molecule has 0 saturated carbocycles. The zero-order valence-electron chi connectivity index (χ0n) is 11.3. The fourth-order valence-corrected chi connectivity index (χ4v) is 2.95. The van der Waals surface area contributed by atoms with E-state index in [0.717, 1.165) is 28.7 Å². The van der Waals surface area contributed by atoms with Crippen molar-refractivity contribution in [3.05, 3.63) is 63.6 Å². The highest BCUT2D eigenvalue weighted by molar-refractivity contribution is 9.10. The van der Waals surface area contributed by atoms with E-state index in [1.807, 2.05) is 18.2 Å². The van der Waals surface area contributed by atoms with Crippen LogP contribution in [0.3, 0.4) is 0 Å². The molecule has 0 bridgehead atoms. The maximum atomic E-state index is 5.64. The number of aryl methyl sites for hydroxylation is 1. The average molecular weight is 349 g/mol. The van der Waals surface area contributed by atoms with E-state index in [4.69, 9.17) is 18.0 Å². The zero-order valence-corrected chi connectivity index (χ0v) is 13.7. The van der Waals surface area contributed by atoms with Crippen molar-refractivity contribution in [2.45, 2.75) is 13.3 Å². The van der Waals surface area contributed by atoms with Crippen molar-refractivity contribution in [3.63, 3.8) is 0 Å². The molecular formula is C16H17BrN2S. The van der Waals surface area contributed by atoms with Crippen LogP contribution in [0, 0.1) is 6.92 Å². The molecule has 0 atom stereocenters. The summed E-state index contributed by atoms with van der Waals surface area (Å²) in [5, 5.41) is 3.41. The molecule has 0 aliphatic carbocycles. The quantitative estimate of drug-likeness (QED) is 0.800. The number of anilines is 1. The van der Waals surface area contributed by atoms with Crippen LogP contribution in [0.2, 0.25) is 0 Å². The third-order valence-corrected chi connectivity index (χ3v) is 3.94. The fourth-order valence-electron chi connectivity index (χ4n) is 2.04. The lowest BCUT2D eigenvalue weighted by Crippen LogP contribution is -2.11. The Morgan fingerprint density at radius 1 is 1.25 bits per heavy atom. The summed E-state index contributed by atoms with van der Waals surface area (Å²) in [6.45, 7) is 3.00. The highest BCUT2D eigenvalue weighted by Gasteiger charge is 2.03. The van der Waals surface area contributed by atoms with E-state index in [1.54, 1.807) is 0 Å². The van der Waals surface area contributed by atoms with Gasteiger partial charge in [0.1, 0.15) is 4.99 Å². The van der Waals surface area contributed by atoms with Crippen LogP contribution < -0.4 is 11.1 Å². The number of rotatable bonds is 5. The first-order valence-corrected chi connectivity index (χ1v) is 7.65. The van der Waals surface area contributed by atoms with Gasteiger partial charge in [-0.3, -0.25) is 0 Å². The number of nitrogens with two attached hydrogens (primary N) is 1. The van der Waals surface area contributed by atoms with Gasteiger partial charge in [0.25, 0.3) is 0 Å². The highest BCUT2D eigenvalue weighted by Crippen LogP contribution is 2.21. The third kappa shape index (κ3) is 4.05. The summed E-state index contributed by atoms with van der Waals surface area (Å²) in [7, 11) is 0. The summed E-state index contributed by atoms with van der Waals surface area (Å²) in [6, 6.07) is 14.5. The Kier molecular flexibility index (Phi) is 5.15. The van der Waals surface area contributed by atoms with E-state index in [2.05, 4.69) is 52.4 Å². The van der Waals surface area contributed by atoms with Crippen LogP contribution in [0.15, 0.2) is 46.9 Å². The normalized spacial score (nSPS) is 10.3. The molecule has 104 valence electrons. The van der Waals surface area contributed by atoms with E-state index in [0.29, 0.717) is 4.99 Å². The third-order valence-electron chi connectivity index (χ3n) is 3.06. The molecule has 0 aliphatic rings. The molecular weight excluding hydrogens is 332 g/mol. The molecule has 0 aliphatic heterocycles. The molecule has 20 heavy (non-hydrogen) atoms. The molecule has 4 heteroatoms. The second kappa shape index (κ2) is 6.86. The minimum Gasteiger partial charge on any atom is -0.389 e. The van der Waals surface area contributed by atoms with Gasteiger partial charge in [-0.1, -0.05) is 42.0 Å². The minimum atomic E-state index is 0.406. The van der Waals surface area contributed by atoms with Crippen molar-refractivity contribution in [1.29, 1.82) is 0 Å². The van der Waals surface area contributed by atoms with Gasteiger partial charge >= 0.3 is 0 Å². The summed E-state index contributed by atoms with van der Waals surface area (Å²) >= 11 is 8.47. The molecule has 0 aromatic heterocycles. The largest absolute Gasteiger partial charge is 0.389 e. The first-order valence-electron chi connectivity index (χ1n) is 6.45. The fraction of sp³-hybridized carbons (Fsp3) is 0.188. The molecule has 0 fully saturated rings. The van der Waals surface area contributed by atoms with E-state index in [9.17, 15) is 0 Å². The number of hydrogen-bond donors (Lipinski definition) is 2. The van der Waals surface area contributed by atoms with Crippen LogP contribution in [-0.2, 0) is 6.42 Å². The summed E-state index contributed by atoms with van der Waals surface area (Å²) in [4.78, 5) is 0.406. The van der Waals surface area contributed by atoms with Crippen molar-refractivity contribution in [2.24, 2.45) is 5.73 Å². The minimum absolute atomic E-state index is 0.406. The Hall–Kier alpha value is -1.39. The predicted octanol–water partition coefficient (Wildman–Crippen LogP) is 4.05. The standard InChI is InChI=1S/C16H17BrN2S/c1-11-3-2-4-12(9-11)7-8-19-13-5-6-14(16(18)20)15(17)10-13/h2-6,9-10,19H,7-8H2,1H3,(H2,18,20). The molecule has 2 rings (SSSR count). The molecule has 0 amide bonds. The van der Waals surface area contributed by atoms with E-state index < -0.39 is 0 Å². The number of thiocarbonyl (C=S) groups is 1. The van der Waals surface area contributed by atoms with Gasteiger partial charge in [0.15, 0.2) is 0 Å². The summed E-state index contributed by atoms with van der Waals surface area (Å²) < 4.78 is 0.922. The molecule has 0 unspecified atom stereocenters. The second-order valence-electron chi connectivity index (χ2n) is 4.72. The summed E-state index contributed by atoms with van der Waals surface area (Å²) in [6.07, 6.45) is 0.996. The van der Waals surface area contributed by atoms with Crippen LogP contribution in [0.1, 0.15) is 16.7 Å². The number of halogens is 1. The van der Waals surface area contributed by atoms with Gasteiger partial charge in [-0.2, -0.15) is 0 Å². The van der Waals surface area contributed by atoms with E-state index in [1.165, 1.54) is 11.1 Å². The summed E-state index contributed by atoms with van der Waals surface area (Å²) in [5.74, 6) is 0. The second-order valence-corrected chi connectivity index (χ2v) is 6.02. The van der Waals surface area contributed by atoms with Crippen LogP contribution >= 0.6 is 28.1 Å². The first-order chi connectivity index (χ1) is 9.56. The van der Waals surface area contributed by atoms with Gasteiger partial charge in [-0.15, -0.1) is 0 Å². The molecule has 3 N–H and O–H groups in total. The van der Waals surface area contributed by atoms with Crippen molar-refractivity contribution >= 4 is 38.8 Å². The van der Waals surface area contributed by atoms with Crippen molar-refractivity contribution in [3.8, 4) is 0 Å². The van der Waals surface area contributed by atoms with Gasteiger partial charge < -0.3 is 11.1 Å². The molecule has 0 radical (unpaired) electrons. The number of benzene rings is 2. The Morgan fingerprint density at radius 2 is 2.05 bits per heavy atom. The topological polar surface area (TPSA) is 38.0 Å². The maximum Gasteiger partial charge on any atom is 0.105 e. The maximum absolute atomic E-state index is 5.64. The van der Waals surface area contributed by atoms with Crippen molar-refractivity contribution in [1.82, 2.24) is 0 Å². The molecule has 0 spiro atoms. The van der Waals surface area contributed by atoms with Crippen LogP contribution in [0.25, 0.3) is 0 Å². The molecule has 0 saturated heterocycles. The zero-order chi connectivity index (χ0) is 14.5. The number of nitrogens with one attached hydrogen (secondary N) is 1. The Bertz CT molecular complexity index is 626. The van der Waals surface area contributed by atoms with Crippen molar-refractivity contribution < 1.29 is 0 Å². The SMILES string of the molecule is Cc1cccc(CCNc2ccc(C(N)=S)c(Br)c2)c1. The van der Waals surface area contributed by atoms with Gasteiger partial charge in [-0.05, 0) is 53.0 Å². The molecule has 2 nitrogen and oxygen atoms in total. The Labute approximate surface area is 133 Å². The van der Waals surface area contributed by atoms with Crippen LogP contribution in [0.5, 0.6) is 0 Å². The van der Waals surface area contributed by atoms with Gasteiger partial charge in [0, 0.05) is 22.3 Å². The first kappa shape index (κ1) is 15.0. The predicted molar refractivity (Wildman–Crippen MR) is 93.4 cm³/mol. The highest BCUT2D eigenvalue weighted by atomic mass is 79.9. The average Bonchev–Trinajstić information content (AvgIpc) is 2.38. The summed E-state index contributed by atoms with van der Waals surface area (Å²) in [5.41, 5.74) is 10.2. The molecule has 0 heterocycles. The monoisotopic (exact) mass is 348 g/mol. The molecule has 2 aromatic carbocycles. The van der Waals surface area contributed by atoms with Gasteiger partial charge in [0.2, 0.25) is 0 Å². The Balaban J connectivity index is 1.94. The molecule has 2 aromatic rings. The number of hydrogen-bond acceptors (Lipinski definition) is 2. The van der Waals surface area contributed by atoms with Crippen molar-refractivity contribution in [2.75, 3.05) is 11.9 Å². The van der Waals surface area contributed by atoms with E-state index >= 15 is 0 Å². The van der Waals surface area contributed by atoms with Crippen LogP contribution in [-0.4, -0.2) is 11.5 Å². The Morgan fingerprint density at radius 3 is 2.70 bits per heavy atom.